The number of alkyl halides is 3. The fourth-order valence-corrected chi connectivity index (χ4v) is 6.54. The van der Waals surface area contributed by atoms with Crippen LogP contribution < -0.4 is 29.0 Å². The lowest BCUT2D eigenvalue weighted by Crippen LogP contribution is -2.43. The number of fused-ring (bicyclic) bond motifs is 3. The molecule has 244 valence electrons. The van der Waals surface area contributed by atoms with Gasteiger partial charge in [0.25, 0.3) is 5.91 Å². The number of nitrogens with one attached hydrogen (secondary N) is 1. The molecule has 3 aliphatic rings. The van der Waals surface area contributed by atoms with Gasteiger partial charge in [-0.15, -0.1) is 5.10 Å². The monoisotopic (exact) mass is 652 g/mol. The predicted octanol–water partition coefficient (Wildman–Crippen LogP) is 4.45. The van der Waals surface area contributed by atoms with Crippen molar-refractivity contribution in [1.82, 2.24) is 20.3 Å². The second-order valence-electron chi connectivity index (χ2n) is 11.1. The minimum Gasteiger partial charge on any atom is -0.493 e. The molecule has 4 aromatic rings. The van der Waals surface area contributed by atoms with Gasteiger partial charge in [0, 0.05) is 11.8 Å². The van der Waals surface area contributed by atoms with Crippen LogP contribution in [0.2, 0.25) is 0 Å². The number of carbonyl (C=O) groups is 2. The lowest BCUT2D eigenvalue weighted by molar-refractivity contribution is -0.141. The molecular formula is C32H27F3N4O8. The summed E-state index contributed by atoms with van der Waals surface area (Å²) in [6, 6.07) is 10.7. The Balaban J connectivity index is 1.27. The molecule has 7 rings (SSSR count). The maximum Gasteiger partial charge on any atom is 0.416 e. The highest BCUT2D eigenvalue weighted by atomic mass is 19.4. The molecular weight excluding hydrogens is 625 g/mol. The molecule has 1 saturated heterocycles. The maximum atomic E-state index is 13.6. The number of hydrogen-bond donors (Lipinski definition) is 1. The molecule has 0 spiro atoms. The molecule has 0 saturated carbocycles. The van der Waals surface area contributed by atoms with E-state index < -0.39 is 47.4 Å². The molecule has 15 heteroatoms. The number of carbonyl (C=O) groups excluding carboxylic acids is 2. The minimum atomic E-state index is -4.49. The smallest absolute Gasteiger partial charge is 0.416 e. The number of hydrogen-bond acceptors (Lipinski definition) is 10. The van der Waals surface area contributed by atoms with Crippen LogP contribution in [-0.4, -0.2) is 61.6 Å². The number of amides is 1. The van der Waals surface area contributed by atoms with Gasteiger partial charge in [-0.1, -0.05) is 5.21 Å². The SMILES string of the molecule is COc1cc([C@@H]2c3cc4c(cc3[C@H](NC(=O)c3cn(-c5ccc(C(F)(F)F)cc5)nn3)[C@H]3COC(=O)[C@H]23)OCO4)cc(OC)c1OC. The van der Waals surface area contributed by atoms with Crippen LogP contribution in [-0.2, 0) is 15.7 Å². The van der Waals surface area contributed by atoms with Crippen molar-refractivity contribution in [3.05, 3.63) is 82.7 Å². The molecule has 0 radical (unpaired) electrons. The van der Waals surface area contributed by atoms with E-state index in [0.29, 0.717) is 45.4 Å². The van der Waals surface area contributed by atoms with Gasteiger partial charge in [-0.25, -0.2) is 4.68 Å². The van der Waals surface area contributed by atoms with Crippen molar-refractivity contribution >= 4 is 11.9 Å². The van der Waals surface area contributed by atoms with E-state index in [9.17, 15) is 22.8 Å². The molecule has 4 atom stereocenters. The first-order valence-electron chi connectivity index (χ1n) is 14.4. The molecule has 47 heavy (non-hydrogen) atoms. The molecule has 1 fully saturated rings. The van der Waals surface area contributed by atoms with Crippen LogP contribution in [0.25, 0.3) is 5.69 Å². The first-order valence-corrected chi connectivity index (χ1v) is 14.4. The number of methoxy groups -OCH3 is 3. The Morgan fingerprint density at radius 1 is 0.936 bits per heavy atom. The highest BCUT2D eigenvalue weighted by Crippen LogP contribution is 2.55. The van der Waals surface area contributed by atoms with Gasteiger partial charge in [0.05, 0.1) is 57.3 Å². The van der Waals surface area contributed by atoms with Gasteiger partial charge in [0.2, 0.25) is 12.5 Å². The zero-order chi connectivity index (χ0) is 33.0. The summed E-state index contributed by atoms with van der Waals surface area (Å²) < 4.78 is 73.9. The molecule has 0 bridgehead atoms. The van der Waals surface area contributed by atoms with E-state index in [1.165, 1.54) is 44.3 Å². The van der Waals surface area contributed by atoms with Crippen molar-refractivity contribution in [2.24, 2.45) is 11.8 Å². The van der Waals surface area contributed by atoms with Gasteiger partial charge >= 0.3 is 12.1 Å². The van der Waals surface area contributed by atoms with Gasteiger partial charge in [-0.05, 0) is 65.2 Å². The fraction of sp³-hybridized carbons (Fsp3) is 0.312. The molecule has 1 amide bonds. The zero-order valence-electron chi connectivity index (χ0n) is 25.2. The van der Waals surface area contributed by atoms with E-state index in [4.69, 9.17) is 28.4 Å². The average Bonchev–Trinajstić information content (AvgIpc) is 3.83. The number of benzene rings is 3. The van der Waals surface area contributed by atoms with E-state index in [1.807, 2.05) is 0 Å². The number of nitrogens with zero attached hydrogens (tertiary/aromatic N) is 3. The summed E-state index contributed by atoms with van der Waals surface area (Å²) in [6.45, 7) is 0.0353. The summed E-state index contributed by atoms with van der Waals surface area (Å²) in [6.07, 6.45) is -3.18. The minimum absolute atomic E-state index is 0.00601. The van der Waals surface area contributed by atoms with Crippen LogP contribution in [0, 0.1) is 11.8 Å². The average molecular weight is 653 g/mol. The molecule has 1 N–H and O–H groups in total. The first-order chi connectivity index (χ1) is 22.6. The first kappa shape index (κ1) is 30.2. The zero-order valence-corrected chi connectivity index (χ0v) is 25.2. The Labute approximate surface area is 265 Å². The van der Waals surface area contributed by atoms with Crippen LogP contribution in [0.15, 0.2) is 54.7 Å². The van der Waals surface area contributed by atoms with Crippen molar-refractivity contribution in [2.75, 3.05) is 34.7 Å². The molecule has 0 unspecified atom stereocenters. The quantitative estimate of drug-likeness (QED) is 0.286. The molecule has 3 heterocycles. The summed E-state index contributed by atoms with van der Waals surface area (Å²) in [7, 11) is 4.50. The third-order valence-electron chi connectivity index (χ3n) is 8.71. The van der Waals surface area contributed by atoms with Crippen LogP contribution >= 0.6 is 0 Å². The Morgan fingerprint density at radius 2 is 1.60 bits per heavy atom. The third kappa shape index (κ3) is 5.11. The standard InChI is InChI=1S/C32H27F3N4O8/c1-42-24-8-15(9-25(43-2)29(24)44-3)26-18-10-22-23(47-14-46-22)11-19(18)28(20-13-45-31(41)27(20)26)36-30(40)21-12-39(38-37-21)17-6-4-16(5-7-17)32(33,34)35/h4-12,20,26-28H,13-14H2,1-3H3,(H,36,40)/t20-,26+,27-,28-/m0/s1. The molecule has 1 aromatic heterocycles. The second kappa shape index (κ2) is 11.4. The van der Waals surface area contributed by atoms with E-state index in [0.717, 1.165) is 12.1 Å². The largest absolute Gasteiger partial charge is 0.493 e. The molecule has 3 aromatic carbocycles. The molecule has 2 aliphatic heterocycles. The van der Waals surface area contributed by atoms with Crippen LogP contribution in [0.5, 0.6) is 28.7 Å². The van der Waals surface area contributed by atoms with Crippen molar-refractivity contribution in [3.8, 4) is 34.4 Å². The molecule has 12 nitrogen and oxygen atoms in total. The summed E-state index contributed by atoms with van der Waals surface area (Å²) in [5.41, 5.74) is 1.45. The van der Waals surface area contributed by atoms with E-state index in [1.54, 1.807) is 24.3 Å². The fourth-order valence-electron chi connectivity index (χ4n) is 6.54. The van der Waals surface area contributed by atoms with Crippen molar-refractivity contribution in [1.29, 1.82) is 0 Å². The van der Waals surface area contributed by atoms with Crippen LogP contribution in [0.3, 0.4) is 0 Å². The van der Waals surface area contributed by atoms with Crippen molar-refractivity contribution in [3.63, 3.8) is 0 Å². The van der Waals surface area contributed by atoms with Gasteiger partial charge < -0.3 is 33.7 Å². The second-order valence-corrected chi connectivity index (χ2v) is 11.1. The topological polar surface area (TPSA) is 132 Å². The van der Waals surface area contributed by atoms with Crippen molar-refractivity contribution < 1.29 is 51.2 Å². The van der Waals surface area contributed by atoms with Gasteiger partial charge in [0.1, 0.15) is 0 Å². The number of halogens is 3. The van der Waals surface area contributed by atoms with Gasteiger partial charge in [0.15, 0.2) is 28.7 Å². The number of cyclic esters (lactones) is 1. The summed E-state index contributed by atoms with van der Waals surface area (Å²) >= 11 is 0. The maximum absolute atomic E-state index is 13.6. The third-order valence-corrected chi connectivity index (χ3v) is 8.71. The Morgan fingerprint density at radius 3 is 2.21 bits per heavy atom. The van der Waals surface area contributed by atoms with Gasteiger partial charge in [-0.2, -0.15) is 13.2 Å². The van der Waals surface area contributed by atoms with Crippen LogP contribution in [0.1, 0.15) is 44.7 Å². The Kier molecular flexibility index (Phi) is 7.33. The summed E-state index contributed by atoms with van der Waals surface area (Å²) in [5, 5.41) is 10.9. The highest BCUT2D eigenvalue weighted by molar-refractivity contribution is 5.92. The lowest BCUT2D eigenvalue weighted by atomic mass is 9.65. The number of esters is 1. The normalized spacial score (nSPS) is 21.0. The Bertz CT molecular complexity index is 1850. The summed E-state index contributed by atoms with van der Waals surface area (Å²) in [5.74, 6) is -0.684. The highest BCUT2D eigenvalue weighted by Gasteiger charge is 2.53. The van der Waals surface area contributed by atoms with Gasteiger partial charge in [-0.3, -0.25) is 9.59 Å². The van der Waals surface area contributed by atoms with E-state index >= 15 is 0 Å². The van der Waals surface area contributed by atoms with E-state index in [-0.39, 0.29) is 24.8 Å². The number of rotatable bonds is 7. The molecule has 1 aliphatic carbocycles. The van der Waals surface area contributed by atoms with Crippen molar-refractivity contribution in [2.45, 2.75) is 18.1 Å². The predicted molar refractivity (Wildman–Crippen MR) is 155 cm³/mol. The lowest BCUT2D eigenvalue weighted by Gasteiger charge is -2.39. The number of ether oxygens (including phenoxy) is 6. The summed E-state index contributed by atoms with van der Waals surface area (Å²) in [4.78, 5) is 27.1. The number of aromatic nitrogens is 3. The van der Waals surface area contributed by atoms with Crippen LogP contribution in [0.4, 0.5) is 13.2 Å². The Hall–Kier alpha value is -5.47. The van der Waals surface area contributed by atoms with E-state index in [2.05, 4.69) is 15.6 Å².